The number of thiazole rings is 1. The van der Waals surface area contributed by atoms with Crippen LogP contribution in [0.5, 0.6) is 0 Å². The van der Waals surface area contributed by atoms with Gasteiger partial charge in [-0.15, -0.1) is 11.3 Å². The third-order valence-corrected chi connectivity index (χ3v) is 4.08. The summed E-state index contributed by atoms with van der Waals surface area (Å²) < 4.78 is 10.1. The molecule has 1 amide bonds. The summed E-state index contributed by atoms with van der Waals surface area (Å²) in [6.07, 6.45) is 0.917. The number of alkyl carbamates (subject to hydrolysis) is 1. The number of carbonyl (C=O) groups excluding carboxylic acids is 2. The van der Waals surface area contributed by atoms with Crippen LogP contribution in [0, 0.1) is 0 Å². The second kappa shape index (κ2) is 8.28. The van der Waals surface area contributed by atoms with E-state index in [0.717, 1.165) is 5.56 Å². The first-order valence-electron chi connectivity index (χ1n) is 7.20. The summed E-state index contributed by atoms with van der Waals surface area (Å²) in [5, 5.41) is 3.30. The number of amides is 1. The van der Waals surface area contributed by atoms with Crippen molar-refractivity contribution in [3.05, 3.63) is 52.0 Å². The number of nitrogens with zero attached hydrogens (tertiary/aromatic N) is 1. The highest BCUT2D eigenvalue weighted by Crippen LogP contribution is 2.20. The average molecular weight is 334 g/mol. The standard InChI is InChI=1S/C16H18N2O4S/c1-3-21-15(19)13-9-17-14(23-13)11(2)18-16(20)22-10-12-7-5-4-6-8-12/h4-9,11H,3,10H2,1-2H3,(H,18,20)/t11-/m0/s1. The molecule has 0 fully saturated rings. The Kier molecular flexibility index (Phi) is 6.10. The van der Waals surface area contributed by atoms with Gasteiger partial charge in [0, 0.05) is 0 Å². The second-order valence-corrected chi connectivity index (χ2v) is 5.77. The molecule has 0 spiro atoms. The second-order valence-electron chi connectivity index (χ2n) is 4.71. The molecule has 0 saturated heterocycles. The van der Waals surface area contributed by atoms with Gasteiger partial charge in [-0.2, -0.15) is 0 Å². The number of carbonyl (C=O) groups is 2. The number of esters is 1. The lowest BCUT2D eigenvalue weighted by molar-refractivity contribution is 0.0531. The SMILES string of the molecule is CCOC(=O)c1cnc([C@H](C)NC(=O)OCc2ccccc2)s1. The van der Waals surface area contributed by atoms with Crippen LogP contribution >= 0.6 is 11.3 Å². The molecule has 122 valence electrons. The van der Waals surface area contributed by atoms with Crippen molar-refractivity contribution in [3.63, 3.8) is 0 Å². The molecule has 0 radical (unpaired) electrons. The number of benzene rings is 1. The third kappa shape index (κ3) is 5.07. The van der Waals surface area contributed by atoms with E-state index in [1.54, 1.807) is 13.8 Å². The lowest BCUT2D eigenvalue weighted by Gasteiger charge is -2.11. The van der Waals surface area contributed by atoms with E-state index in [1.165, 1.54) is 17.5 Å². The Balaban J connectivity index is 1.85. The van der Waals surface area contributed by atoms with Crippen LogP contribution in [0.4, 0.5) is 4.79 Å². The van der Waals surface area contributed by atoms with Crippen molar-refractivity contribution in [1.82, 2.24) is 10.3 Å². The van der Waals surface area contributed by atoms with Gasteiger partial charge in [-0.25, -0.2) is 14.6 Å². The summed E-state index contributed by atoms with van der Waals surface area (Å²) in [7, 11) is 0. The highest BCUT2D eigenvalue weighted by Gasteiger charge is 2.17. The number of aromatic nitrogens is 1. The summed E-state index contributed by atoms with van der Waals surface area (Å²) in [6.45, 7) is 4.03. The number of hydrogen-bond acceptors (Lipinski definition) is 6. The monoisotopic (exact) mass is 334 g/mol. The Morgan fingerprint density at radius 2 is 2.00 bits per heavy atom. The lowest BCUT2D eigenvalue weighted by atomic mass is 10.2. The van der Waals surface area contributed by atoms with Gasteiger partial charge in [0.15, 0.2) is 0 Å². The lowest BCUT2D eigenvalue weighted by Crippen LogP contribution is -2.27. The Hall–Kier alpha value is -2.41. The van der Waals surface area contributed by atoms with E-state index in [0.29, 0.717) is 16.5 Å². The number of rotatable bonds is 6. The zero-order valence-corrected chi connectivity index (χ0v) is 13.8. The molecule has 6 nitrogen and oxygen atoms in total. The minimum Gasteiger partial charge on any atom is -0.462 e. The van der Waals surface area contributed by atoms with Gasteiger partial charge in [0.2, 0.25) is 0 Å². The van der Waals surface area contributed by atoms with Crippen molar-refractivity contribution < 1.29 is 19.1 Å². The molecule has 7 heteroatoms. The molecule has 0 unspecified atom stereocenters. The first kappa shape index (κ1) is 17.0. The van der Waals surface area contributed by atoms with Gasteiger partial charge >= 0.3 is 12.1 Å². The summed E-state index contributed by atoms with van der Waals surface area (Å²) in [5.41, 5.74) is 0.911. The molecule has 0 aliphatic carbocycles. The molecule has 1 heterocycles. The van der Waals surface area contributed by atoms with E-state index in [2.05, 4.69) is 10.3 Å². The van der Waals surface area contributed by atoms with Gasteiger partial charge in [-0.3, -0.25) is 0 Å². The first-order valence-corrected chi connectivity index (χ1v) is 8.02. The number of nitrogens with one attached hydrogen (secondary N) is 1. The maximum atomic E-state index is 11.8. The molecular formula is C16H18N2O4S. The number of ether oxygens (including phenoxy) is 2. The smallest absolute Gasteiger partial charge is 0.408 e. The predicted molar refractivity (Wildman–Crippen MR) is 86.2 cm³/mol. The quantitative estimate of drug-likeness (QED) is 0.820. The topological polar surface area (TPSA) is 77.5 Å². The van der Waals surface area contributed by atoms with Gasteiger partial charge in [0.05, 0.1) is 18.8 Å². The molecule has 2 rings (SSSR count). The fourth-order valence-electron chi connectivity index (χ4n) is 1.79. The normalized spacial score (nSPS) is 11.6. The van der Waals surface area contributed by atoms with Gasteiger partial charge in [-0.05, 0) is 19.4 Å². The van der Waals surface area contributed by atoms with E-state index < -0.39 is 12.1 Å². The maximum Gasteiger partial charge on any atom is 0.408 e. The molecule has 0 aliphatic heterocycles. The van der Waals surface area contributed by atoms with Crippen molar-refractivity contribution in [2.75, 3.05) is 6.61 Å². The Bertz CT molecular complexity index is 657. The van der Waals surface area contributed by atoms with Crippen molar-refractivity contribution in [2.24, 2.45) is 0 Å². The van der Waals surface area contributed by atoms with Crippen LogP contribution in [0.1, 0.15) is 40.1 Å². The zero-order chi connectivity index (χ0) is 16.7. The molecule has 1 atom stereocenters. The van der Waals surface area contributed by atoms with Crippen LogP contribution in [0.2, 0.25) is 0 Å². The van der Waals surface area contributed by atoms with Gasteiger partial charge in [0.1, 0.15) is 16.5 Å². The Morgan fingerprint density at radius 3 is 2.70 bits per heavy atom. The molecular weight excluding hydrogens is 316 g/mol. The molecule has 0 saturated carbocycles. The predicted octanol–water partition coefficient (Wildman–Crippen LogP) is 3.31. The van der Waals surface area contributed by atoms with Crippen LogP contribution in [0.3, 0.4) is 0 Å². The highest BCUT2D eigenvalue weighted by molar-refractivity contribution is 7.13. The van der Waals surface area contributed by atoms with Crippen molar-refractivity contribution in [1.29, 1.82) is 0 Å². The van der Waals surface area contributed by atoms with E-state index in [-0.39, 0.29) is 12.6 Å². The summed E-state index contributed by atoms with van der Waals surface area (Å²) in [6, 6.07) is 9.06. The molecule has 1 N–H and O–H groups in total. The van der Waals surface area contributed by atoms with Crippen LogP contribution in [0.25, 0.3) is 0 Å². The van der Waals surface area contributed by atoms with E-state index in [9.17, 15) is 9.59 Å². The maximum absolute atomic E-state index is 11.8. The van der Waals surface area contributed by atoms with Gasteiger partial charge < -0.3 is 14.8 Å². The van der Waals surface area contributed by atoms with Crippen LogP contribution in [0.15, 0.2) is 36.5 Å². The fraction of sp³-hybridized carbons (Fsp3) is 0.312. The zero-order valence-electron chi connectivity index (χ0n) is 12.9. The van der Waals surface area contributed by atoms with Crippen LogP contribution in [-0.4, -0.2) is 23.7 Å². The summed E-state index contributed by atoms with van der Waals surface area (Å²) >= 11 is 1.19. The summed E-state index contributed by atoms with van der Waals surface area (Å²) in [4.78, 5) is 27.9. The average Bonchev–Trinajstić information content (AvgIpc) is 3.04. The highest BCUT2D eigenvalue weighted by atomic mass is 32.1. The molecule has 1 aromatic carbocycles. The van der Waals surface area contributed by atoms with E-state index >= 15 is 0 Å². The minimum atomic E-state index is -0.533. The van der Waals surface area contributed by atoms with Crippen LogP contribution < -0.4 is 5.32 Å². The first-order chi connectivity index (χ1) is 11.1. The minimum absolute atomic E-state index is 0.200. The van der Waals surface area contributed by atoms with Crippen LogP contribution in [-0.2, 0) is 16.1 Å². The summed E-state index contributed by atoms with van der Waals surface area (Å²) in [5.74, 6) is -0.407. The van der Waals surface area contributed by atoms with E-state index in [1.807, 2.05) is 30.3 Å². The van der Waals surface area contributed by atoms with E-state index in [4.69, 9.17) is 9.47 Å². The molecule has 0 bridgehead atoms. The van der Waals surface area contributed by atoms with Crippen molar-refractivity contribution in [3.8, 4) is 0 Å². The third-order valence-electron chi connectivity index (χ3n) is 2.92. The van der Waals surface area contributed by atoms with Gasteiger partial charge in [-0.1, -0.05) is 30.3 Å². The molecule has 23 heavy (non-hydrogen) atoms. The van der Waals surface area contributed by atoms with Gasteiger partial charge in [0.25, 0.3) is 0 Å². The molecule has 2 aromatic rings. The fourth-order valence-corrected chi connectivity index (χ4v) is 2.60. The van der Waals surface area contributed by atoms with Crippen molar-refractivity contribution >= 4 is 23.4 Å². The largest absolute Gasteiger partial charge is 0.462 e. The Morgan fingerprint density at radius 1 is 1.26 bits per heavy atom. The number of hydrogen-bond donors (Lipinski definition) is 1. The Labute approximate surface area is 138 Å². The molecule has 1 aromatic heterocycles. The molecule has 0 aliphatic rings. The van der Waals surface area contributed by atoms with Crippen molar-refractivity contribution in [2.45, 2.75) is 26.5 Å².